The van der Waals surface area contributed by atoms with E-state index in [1.54, 1.807) is 25.2 Å². The van der Waals surface area contributed by atoms with Crippen LogP contribution in [0.1, 0.15) is 32.0 Å². The van der Waals surface area contributed by atoms with Gasteiger partial charge >= 0.3 is 0 Å². The van der Waals surface area contributed by atoms with Crippen LogP contribution in [0.25, 0.3) is 22.0 Å². The van der Waals surface area contributed by atoms with Crippen molar-refractivity contribution in [2.75, 3.05) is 19.3 Å². The highest BCUT2D eigenvalue weighted by molar-refractivity contribution is 5.96. The van der Waals surface area contributed by atoms with Crippen LogP contribution in [0.4, 0.5) is 10.1 Å². The van der Waals surface area contributed by atoms with Crippen LogP contribution >= 0.6 is 0 Å². The number of nitrogens with two attached hydrogens (primary N) is 1. The average Bonchev–Trinajstić information content (AvgIpc) is 3.14. The summed E-state index contributed by atoms with van der Waals surface area (Å²) in [6.45, 7) is 2.31. The van der Waals surface area contributed by atoms with Gasteiger partial charge in [-0.05, 0) is 66.4 Å². The molecular weight excluding hydrogens is 419 g/mol. The Bertz CT molecular complexity index is 1340. The molecule has 0 bridgehead atoms. The fraction of sp³-hybridized carbons (Fsp3) is 0.154. The van der Waals surface area contributed by atoms with E-state index in [0.717, 1.165) is 27.8 Å². The lowest BCUT2D eigenvalue weighted by molar-refractivity contribution is 0.0949. The summed E-state index contributed by atoms with van der Waals surface area (Å²) in [6.07, 6.45) is 0.546. The van der Waals surface area contributed by atoms with Gasteiger partial charge in [-0.1, -0.05) is 24.3 Å². The topological polar surface area (TPSA) is 100 Å². The first-order valence-corrected chi connectivity index (χ1v) is 10.6. The Labute approximate surface area is 191 Å². The largest absolute Gasteiger partial charge is 0.397 e. The number of nitrogens with one attached hydrogen (secondary N) is 3. The smallest absolute Gasteiger partial charge is 0.251 e. The number of benzene rings is 3. The molecule has 6 nitrogen and oxygen atoms in total. The van der Waals surface area contributed by atoms with Crippen molar-refractivity contribution in [3.05, 3.63) is 88.9 Å². The fourth-order valence-corrected chi connectivity index (χ4v) is 3.99. The van der Waals surface area contributed by atoms with Crippen molar-refractivity contribution in [1.82, 2.24) is 15.6 Å². The van der Waals surface area contributed by atoms with Crippen LogP contribution in [0.15, 0.2) is 60.7 Å². The number of anilines is 1. The molecule has 4 aromatic rings. The molecule has 0 atom stereocenters. The highest BCUT2D eigenvalue weighted by atomic mass is 19.1. The molecule has 7 heteroatoms. The third-order valence-electron chi connectivity index (χ3n) is 5.72. The summed E-state index contributed by atoms with van der Waals surface area (Å²) >= 11 is 0. The van der Waals surface area contributed by atoms with Gasteiger partial charge in [0.05, 0.1) is 11.2 Å². The van der Waals surface area contributed by atoms with Crippen molar-refractivity contribution in [1.29, 1.82) is 0 Å². The molecule has 0 fully saturated rings. The van der Waals surface area contributed by atoms with Crippen molar-refractivity contribution in [3.8, 4) is 11.1 Å². The van der Waals surface area contributed by atoms with Gasteiger partial charge in [0.2, 0.25) is 0 Å². The van der Waals surface area contributed by atoms with Crippen molar-refractivity contribution in [3.63, 3.8) is 0 Å². The number of aromatic nitrogens is 1. The minimum absolute atomic E-state index is 0.149. The molecule has 5 N–H and O–H groups in total. The molecule has 1 aromatic heterocycles. The molecule has 2 amide bonds. The number of carbonyl (C=O) groups excluding carboxylic acids is 2. The Hall–Kier alpha value is -4.13. The van der Waals surface area contributed by atoms with Gasteiger partial charge in [-0.2, -0.15) is 0 Å². The van der Waals surface area contributed by atoms with E-state index in [-0.39, 0.29) is 17.6 Å². The zero-order valence-electron chi connectivity index (χ0n) is 18.5. The maximum Gasteiger partial charge on any atom is 0.251 e. The quantitative estimate of drug-likeness (QED) is 0.336. The normalized spacial score (nSPS) is 10.9. The third kappa shape index (κ3) is 4.57. The number of hydrogen-bond donors (Lipinski definition) is 4. The summed E-state index contributed by atoms with van der Waals surface area (Å²) in [5, 5.41) is 6.27. The molecular formula is C26H25FN4O2. The SMILES string of the molecule is CNC(=O)c1cccc(-c2ccc(C(=O)NCCc3c(C)[nH]c4c(N)cc(F)cc34)cc2)c1. The number of carbonyl (C=O) groups is 2. The summed E-state index contributed by atoms with van der Waals surface area (Å²) in [6, 6.07) is 17.3. The zero-order valence-corrected chi connectivity index (χ0v) is 18.5. The van der Waals surface area contributed by atoms with Crippen molar-refractivity contribution >= 4 is 28.4 Å². The summed E-state index contributed by atoms with van der Waals surface area (Å²) in [5.74, 6) is -0.724. The lowest BCUT2D eigenvalue weighted by Gasteiger charge is -2.08. The van der Waals surface area contributed by atoms with E-state index in [9.17, 15) is 14.0 Å². The Kier molecular flexibility index (Phi) is 6.13. The van der Waals surface area contributed by atoms with Gasteiger partial charge in [-0.25, -0.2) is 4.39 Å². The van der Waals surface area contributed by atoms with Crippen molar-refractivity contribution in [2.45, 2.75) is 13.3 Å². The minimum atomic E-state index is -0.384. The standard InChI is InChI=1S/C26H25FN4O2/c1-15-21(22-13-20(27)14-23(28)24(22)31-15)10-11-30-26(33)17-8-6-16(7-9-17)18-4-3-5-19(12-18)25(32)29-2/h3-9,12-14,31H,10-11,28H2,1-2H3,(H,29,32)(H,30,33). The minimum Gasteiger partial charge on any atom is -0.397 e. The molecule has 3 aromatic carbocycles. The molecule has 1 heterocycles. The Morgan fingerprint density at radius 2 is 1.73 bits per heavy atom. The van der Waals surface area contributed by atoms with Gasteiger partial charge in [-0.3, -0.25) is 9.59 Å². The molecule has 0 aliphatic carbocycles. The van der Waals surface area contributed by atoms with E-state index in [1.807, 2.05) is 37.3 Å². The number of hydrogen-bond acceptors (Lipinski definition) is 3. The van der Waals surface area contributed by atoms with Gasteiger partial charge in [0.1, 0.15) is 5.82 Å². The van der Waals surface area contributed by atoms with Gasteiger partial charge in [0, 0.05) is 35.8 Å². The first-order chi connectivity index (χ1) is 15.9. The first-order valence-electron chi connectivity index (χ1n) is 10.6. The number of fused-ring (bicyclic) bond motifs is 1. The highest BCUT2D eigenvalue weighted by Crippen LogP contribution is 2.28. The summed E-state index contributed by atoms with van der Waals surface area (Å²) in [4.78, 5) is 27.7. The highest BCUT2D eigenvalue weighted by Gasteiger charge is 2.13. The van der Waals surface area contributed by atoms with Crippen LogP contribution in [0.5, 0.6) is 0 Å². The lowest BCUT2D eigenvalue weighted by Crippen LogP contribution is -2.25. The Morgan fingerprint density at radius 1 is 0.970 bits per heavy atom. The number of rotatable bonds is 6. The molecule has 0 aliphatic rings. The number of amides is 2. The van der Waals surface area contributed by atoms with Crippen LogP contribution in [0.3, 0.4) is 0 Å². The van der Waals surface area contributed by atoms with Crippen LogP contribution in [-0.4, -0.2) is 30.4 Å². The second-order valence-electron chi connectivity index (χ2n) is 7.89. The van der Waals surface area contributed by atoms with Gasteiger partial charge in [0.25, 0.3) is 11.8 Å². The number of nitrogen functional groups attached to an aromatic ring is 1. The predicted molar refractivity (Wildman–Crippen MR) is 129 cm³/mol. The number of aromatic amines is 1. The maximum atomic E-state index is 13.8. The second kappa shape index (κ2) is 9.16. The average molecular weight is 445 g/mol. The van der Waals surface area contributed by atoms with E-state index in [4.69, 9.17) is 5.73 Å². The Morgan fingerprint density at radius 3 is 2.45 bits per heavy atom. The second-order valence-corrected chi connectivity index (χ2v) is 7.89. The third-order valence-corrected chi connectivity index (χ3v) is 5.72. The molecule has 0 unspecified atom stereocenters. The summed E-state index contributed by atoms with van der Waals surface area (Å²) in [7, 11) is 1.59. The first kappa shape index (κ1) is 22.1. The summed E-state index contributed by atoms with van der Waals surface area (Å²) in [5.41, 5.74) is 11.7. The van der Waals surface area contributed by atoms with Crippen LogP contribution in [0, 0.1) is 12.7 Å². The maximum absolute atomic E-state index is 13.8. The van der Waals surface area contributed by atoms with E-state index < -0.39 is 0 Å². The van der Waals surface area contributed by atoms with Crippen molar-refractivity contribution < 1.29 is 14.0 Å². The van der Waals surface area contributed by atoms with Crippen molar-refractivity contribution in [2.24, 2.45) is 0 Å². The number of H-pyrrole nitrogens is 1. The fourth-order valence-electron chi connectivity index (χ4n) is 3.99. The molecule has 0 aliphatic heterocycles. The monoisotopic (exact) mass is 444 g/mol. The number of aryl methyl sites for hydroxylation is 1. The van der Waals surface area contributed by atoms with Gasteiger partial charge in [0.15, 0.2) is 0 Å². The lowest BCUT2D eigenvalue weighted by atomic mass is 10.0. The molecule has 168 valence electrons. The predicted octanol–water partition coefficient (Wildman–Crippen LogP) is 4.20. The number of halogens is 1. The Balaban J connectivity index is 1.43. The van der Waals surface area contributed by atoms with E-state index >= 15 is 0 Å². The van der Waals surface area contributed by atoms with E-state index in [1.165, 1.54) is 12.1 Å². The van der Waals surface area contributed by atoms with Gasteiger partial charge < -0.3 is 21.4 Å². The molecule has 0 radical (unpaired) electrons. The van der Waals surface area contributed by atoms with E-state index in [2.05, 4.69) is 15.6 Å². The van der Waals surface area contributed by atoms with Crippen LogP contribution in [-0.2, 0) is 6.42 Å². The van der Waals surface area contributed by atoms with Gasteiger partial charge in [-0.15, -0.1) is 0 Å². The molecule has 0 spiro atoms. The molecule has 33 heavy (non-hydrogen) atoms. The summed E-state index contributed by atoms with van der Waals surface area (Å²) < 4.78 is 13.8. The van der Waals surface area contributed by atoms with E-state index in [0.29, 0.717) is 35.3 Å². The molecule has 0 saturated carbocycles. The molecule has 4 rings (SSSR count). The van der Waals surface area contributed by atoms with Crippen LogP contribution < -0.4 is 16.4 Å². The molecule has 0 saturated heterocycles. The zero-order chi connectivity index (χ0) is 23.5. The van der Waals surface area contributed by atoms with Crippen LogP contribution in [0.2, 0.25) is 0 Å².